The Morgan fingerprint density at radius 1 is 1.07 bits per heavy atom. The highest BCUT2D eigenvalue weighted by molar-refractivity contribution is 5.79. The molecule has 4 nitrogen and oxygen atoms in total. The number of piperidine rings is 1. The van der Waals surface area contributed by atoms with Gasteiger partial charge >= 0.3 is 0 Å². The maximum absolute atomic E-state index is 12.8. The third kappa shape index (κ3) is 5.75. The van der Waals surface area contributed by atoms with Crippen LogP contribution in [0.4, 0.5) is 0 Å². The Labute approximate surface area is 178 Å². The molecule has 0 radical (unpaired) electrons. The zero-order chi connectivity index (χ0) is 22.0. The molecule has 0 saturated carbocycles. The summed E-state index contributed by atoms with van der Waals surface area (Å²) in [5.74, 6) is 0.836. The smallest absolute Gasteiger partial charge is 0.226 e. The van der Waals surface area contributed by atoms with Crippen LogP contribution in [-0.2, 0) is 22.2 Å². The topological polar surface area (TPSA) is 43.8 Å². The number of nitrogens with zero attached hydrogens (tertiary/aromatic N) is 2. The Morgan fingerprint density at radius 3 is 2.03 bits per heavy atom. The second-order valence-electron chi connectivity index (χ2n) is 10.6. The molecule has 1 aliphatic heterocycles. The summed E-state index contributed by atoms with van der Waals surface area (Å²) >= 11 is 0. The van der Waals surface area contributed by atoms with Gasteiger partial charge in [-0.15, -0.1) is 0 Å². The molecule has 1 heterocycles. The zero-order valence-electron chi connectivity index (χ0n) is 19.9. The minimum absolute atomic E-state index is 0.102. The van der Waals surface area contributed by atoms with Gasteiger partial charge in [-0.25, -0.2) is 0 Å². The van der Waals surface area contributed by atoms with E-state index in [2.05, 4.69) is 72.4 Å². The van der Waals surface area contributed by atoms with Crippen LogP contribution in [0, 0.1) is 5.92 Å². The molecule has 1 fully saturated rings. The summed E-state index contributed by atoms with van der Waals surface area (Å²) in [6.45, 7) is 21.3. The summed E-state index contributed by atoms with van der Waals surface area (Å²) in [7, 11) is 0. The van der Waals surface area contributed by atoms with Crippen LogP contribution in [0.2, 0.25) is 0 Å². The predicted molar refractivity (Wildman–Crippen MR) is 121 cm³/mol. The number of benzene rings is 1. The number of phenols is 1. The van der Waals surface area contributed by atoms with Gasteiger partial charge in [0.05, 0.1) is 5.92 Å². The fourth-order valence-electron chi connectivity index (χ4n) is 4.38. The van der Waals surface area contributed by atoms with E-state index in [1.165, 1.54) is 5.56 Å². The van der Waals surface area contributed by atoms with Gasteiger partial charge in [0, 0.05) is 26.2 Å². The van der Waals surface area contributed by atoms with Gasteiger partial charge in [-0.3, -0.25) is 9.69 Å². The first-order valence-corrected chi connectivity index (χ1v) is 11.3. The molecular formula is C25H42N2O2. The summed E-state index contributed by atoms with van der Waals surface area (Å²) in [6, 6.07) is 4.33. The minimum atomic E-state index is -0.122. The molecule has 1 aromatic rings. The van der Waals surface area contributed by atoms with E-state index in [9.17, 15) is 9.90 Å². The molecule has 1 unspecified atom stereocenters. The fraction of sp³-hybridized carbons (Fsp3) is 0.720. The highest BCUT2D eigenvalue weighted by Gasteiger charge is 2.30. The van der Waals surface area contributed by atoms with E-state index in [-0.39, 0.29) is 16.7 Å². The molecule has 4 heteroatoms. The Bertz CT molecular complexity index is 674. The number of hydrogen-bond donors (Lipinski definition) is 1. The monoisotopic (exact) mass is 402 g/mol. The van der Waals surface area contributed by atoms with E-state index in [0.717, 1.165) is 56.7 Å². The van der Waals surface area contributed by atoms with Crippen LogP contribution in [-0.4, -0.2) is 47.0 Å². The maximum atomic E-state index is 12.8. The molecule has 1 atom stereocenters. The zero-order valence-corrected chi connectivity index (χ0v) is 19.9. The molecule has 1 aromatic carbocycles. The van der Waals surface area contributed by atoms with Gasteiger partial charge in [0.25, 0.3) is 0 Å². The summed E-state index contributed by atoms with van der Waals surface area (Å²) in [5, 5.41) is 11.0. The molecule has 1 N–H and O–H groups in total. The molecule has 0 bridgehead atoms. The quantitative estimate of drug-likeness (QED) is 0.748. The molecule has 2 rings (SSSR count). The number of rotatable bonds is 5. The van der Waals surface area contributed by atoms with Crippen LogP contribution < -0.4 is 0 Å². The summed E-state index contributed by atoms with van der Waals surface area (Å²) < 4.78 is 0. The van der Waals surface area contributed by atoms with Crippen molar-refractivity contribution in [1.29, 1.82) is 0 Å². The SMILES string of the molecule is CCN(CC)C(=O)C1CCCN(Cc2cc(C(C)(C)C)c(O)c(C(C)(C)C)c2)C1. The van der Waals surface area contributed by atoms with Crippen LogP contribution in [0.3, 0.4) is 0 Å². The third-order valence-electron chi connectivity index (χ3n) is 6.12. The normalized spacial score (nSPS) is 18.7. The lowest BCUT2D eigenvalue weighted by Gasteiger charge is -2.35. The van der Waals surface area contributed by atoms with Gasteiger partial charge in [0.2, 0.25) is 5.91 Å². The van der Waals surface area contributed by atoms with Crippen molar-refractivity contribution in [2.75, 3.05) is 26.2 Å². The molecule has 29 heavy (non-hydrogen) atoms. The lowest BCUT2D eigenvalue weighted by atomic mass is 9.78. The van der Waals surface area contributed by atoms with Crippen molar-refractivity contribution in [2.45, 2.75) is 85.6 Å². The number of likely N-dealkylation sites (tertiary alicyclic amines) is 1. The Hall–Kier alpha value is -1.55. The number of hydrogen-bond acceptors (Lipinski definition) is 3. The standard InChI is InChI=1S/C25H42N2O2/c1-9-27(10-2)23(29)19-12-11-13-26(17-19)16-18-14-20(24(3,4)5)22(28)21(15-18)25(6,7)8/h14-15,19,28H,9-13,16-17H2,1-8H3. The molecule has 164 valence electrons. The number of amides is 1. The average molecular weight is 403 g/mol. The van der Waals surface area contributed by atoms with Gasteiger partial charge < -0.3 is 10.0 Å². The molecule has 0 spiro atoms. The van der Waals surface area contributed by atoms with Crippen LogP contribution in [0.15, 0.2) is 12.1 Å². The molecule has 0 aliphatic carbocycles. The second-order valence-corrected chi connectivity index (χ2v) is 10.6. The predicted octanol–water partition coefficient (Wildman–Crippen LogP) is 5.07. The first kappa shape index (κ1) is 23.7. The third-order valence-corrected chi connectivity index (χ3v) is 6.12. The molecule has 1 amide bonds. The number of phenolic OH excluding ortho intramolecular Hbond substituents is 1. The fourth-order valence-corrected chi connectivity index (χ4v) is 4.38. The molecule has 0 aromatic heterocycles. The lowest BCUT2D eigenvalue weighted by Crippen LogP contribution is -2.44. The lowest BCUT2D eigenvalue weighted by molar-refractivity contribution is -0.137. The maximum Gasteiger partial charge on any atom is 0.226 e. The van der Waals surface area contributed by atoms with Crippen molar-refractivity contribution in [3.63, 3.8) is 0 Å². The molecular weight excluding hydrogens is 360 g/mol. The summed E-state index contributed by atoms with van der Waals surface area (Å²) in [5.41, 5.74) is 3.00. The minimum Gasteiger partial charge on any atom is -0.507 e. The van der Waals surface area contributed by atoms with E-state index >= 15 is 0 Å². The van der Waals surface area contributed by atoms with Crippen LogP contribution in [0.1, 0.15) is 84.9 Å². The van der Waals surface area contributed by atoms with E-state index in [0.29, 0.717) is 11.7 Å². The summed E-state index contributed by atoms with van der Waals surface area (Å²) in [4.78, 5) is 17.2. The van der Waals surface area contributed by atoms with Gasteiger partial charge in [0.15, 0.2) is 0 Å². The van der Waals surface area contributed by atoms with Crippen LogP contribution in [0.5, 0.6) is 5.75 Å². The van der Waals surface area contributed by atoms with Crippen molar-refractivity contribution >= 4 is 5.91 Å². The van der Waals surface area contributed by atoms with Gasteiger partial charge in [0.1, 0.15) is 5.75 Å². The largest absolute Gasteiger partial charge is 0.507 e. The second kappa shape index (κ2) is 9.07. The van der Waals surface area contributed by atoms with E-state index < -0.39 is 0 Å². The van der Waals surface area contributed by atoms with Crippen molar-refractivity contribution in [1.82, 2.24) is 9.80 Å². The highest BCUT2D eigenvalue weighted by atomic mass is 16.3. The molecule has 1 aliphatic rings. The number of carbonyl (C=O) groups is 1. The van der Waals surface area contributed by atoms with Crippen LogP contribution in [0.25, 0.3) is 0 Å². The first-order chi connectivity index (χ1) is 13.4. The Morgan fingerprint density at radius 2 is 1.59 bits per heavy atom. The number of carbonyl (C=O) groups excluding carboxylic acids is 1. The Balaban J connectivity index is 2.28. The average Bonchev–Trinajstić information content (AvgIpc) is 2.62. The van der Waals surface area contributed by atoms with Gasteiger partial charge in [-0.1, -0.05) is 53.7 Å². The van der Waals surface area contributed by atoms with Crippen molar-refractivity contribution < 1.29 is 9.90 Å². The van der Waals surface area contributed by atoms with E-state index in [1.807, 2.05) is 4.90 Å². The van der Waals surface area contributed by atoms with E-state index in [1.54, 1.807) is 0 Å². The van der Waals surface area contributed by atoms with Crippen molar-refractivity contribution in [3.8, 4) is 5.75 Å². The van der Waals surface area contributed by atoms with Crippen molar-refractivity contribution in [3.05, 3.63) is 28.8 Å². The van der Waals surface area contributed by atoms with Gasteiger partial charge in [-0.05, 0) is 60.8 Å². The number of aromatic hydroxyl groups is 1. The summed E-state index contributed by atoms with van der Waals surface area (Å²) in [6.07, 6.45) is 2.05. The van der Waals surface area contributed by atoms with E-state index in [4.69, 9.17) is 0 Å². The highest BCUT2D eigenvalue weighted by Crippen LogP contribution is 2.40. The van der Waals surface area contributed by atoms with Gasteiger partial charge in [-0.2, -0.15) is 0 Å². The Kier molecular flexibility index (Phi) is 7.42. The van der Waals surface area contributed by atoms with Crippen molar-refractivity contribution in [2.24, 2.45) is 5.92 Å². The van der Waals surface area contributed by atoms with Crippen LogP contribution >= 0.6 is 0 Å². The first-order valence-electron chi connectivity index (χ1n) is 11.3. The molecule has 1 saturated heterocycles.